The van der Waals surface area contributed by atoms with Gasteiger partial charge in [-0.25, -0.2) is 10.2 Å². The van der Waals surface area contributed by atoms with Crippen LogP contribution in [0.2, 0.25) is 0 Å². The Kier molecular flexibility index (Phi) is 8.30. The lowest BCUT2D eigenvalue weighted by Crippen LogP contribution is -2.24. The molecule has 0 saturated carbocycles. The van der Waals surface area contributed by atoms with Crippen LogP contribution in [0.25, 0.3) is 0 Å². The summed E-state index contributed by atoms with van der Waals surface area (Å²) in [7, 11) is 1.54. The van der Waals surface area contributed by atoms with E-state index in [9.17, 15) is 19.7 Å². The number of methoxy groups -OCH3 is 1. The van der Waals surface area contributed by atoms with Gasteiger partial charge in [-0.05, 0) is 58.4 Å². The predicted octanol–water partition coefficient (Wildman–Crippen LogP) is 4.11. The molecule has 0 unspecified atom stereocenters. The summed E-state index contributed by atoms with van der Waals surface area (Å²) in [6.07, 6.45) is 1.32. The van der Waals surface area contributed by atoms with Gasteiger partial charge >= 0.3 is 5.97 Å². The van der Waals surface area contributed by atoms with Crippen molar-refractivity contribution in [2.24, 2.45) is 5.10 Å². The number of benzene rings is 3. The average molecular weight is 528 g/mol. The number of nitrogens with one attached hydrogen (secondary N) is 1. The fourth-order valence-electron chi connectivity index (χ4n) is 2.63. The van der Waals surface area contributed by atoms with Crippen molar-refractivity contribution < 1.29 is 28.7 Å². The molecule has 174 valence electrons. The molecule has 0 spiro atoms. The minimum atomic E-state index is -0.696. The van der Waals surface area contributed by atoms with Gasteiger partial charge in [0.1, 0.15) is 17.2 Å². The molecule has 1 amide bonds. The third kappa shape index (κ3) is 6.62. The Morgan fingerprint density at radius 2 is 1.82 bits per heavy atom. The van der Waals surface area contributed by atoms with Gasteiger partial charge in [0.15, 0.2) is 6.61 Å². The Balaban J connectivity index is 1.57. The Morgan fingerprint density at radius 1 is 1.09 bits per heavy atom. The number of nitro groups is 1. The molecule has 1 N–H and O–H groups in total. The third-order valence-corrected chi connectivity index (χ3v) is 4.95. The number of carbonyl (C=O) groups excluding carboxylic acids is 2. The molecule has 0 radical (unpaired) electrons. The number of hydrogen-bond donors (Lipinski definition) is 1. The molecule has 10 nitrogen and oxygen atoms in total. The van der Waals surface area contributed by atoms with Crippen LogP contribution in [0.4, 0.5) is 5.69 Å². The predicted molar refractivity (Wildman–Crippen MR) is 126 cm³/mol. The van der Waals surface area contributed by atoms with Gasteiger partial charge in [0.05, 0.1) is 28.3 Å². The zero-order chi connectivity index (χ0) is 24.5. The maximum atomic E-state index is 12.4. The van der Waals surface area contributed by atoms with Crippen LogP contribution >= 0.6 is 15.9 Å². The number of nitrogens with zero attached hydrogens (tertiary/aromatic N) is 2. The SMILES string of the molecule is COc1ccc(OCC(=O)N/N=C/c2ccccc2OC(=O)c2ccc([N+](=O)[O-])cc2)c(Br)c1. The van der Waals surface area contributed by atoms with E-state index in [1.165, 1.54) is 30.5 Å². The highest BCUT2D eigenvalue weighted by Gasteiger charge is 2.13. The number of nitro benzene ring substituents is 1. The summed E-state index contributed by atoms with van der Waals surface area (Å²) in [5, 5.41) is 14.6. The number of para-hydroxylation sites is 1. The first-order valence-electron chi connectivity index (χ1n) is 9.71. The van der Waals surface area contributed by atoms with Crippen molar-refractivity contribution in [2.75, 3.05) is 13.7 Å². The van der Waals surface area contributed by atoms with E-state index in [1.807, 2.05) is 0 Å². The van der Waals surface area contributed by atoms with E-state index in [0.29, 0.717) is 21.5 Å². The molecule has 3 aromatic rings. The van der Waals surface area contributed by atoms with Crippen LogP contribution in [0, 0.1) is 10.1 Å². The number of ether oxygens (including phenoxy) is 3. The number of halogens is 1. The molecule has 0 aliphatic rings. The van der Waals surface area contributed by atoms with Crippen molar-refractivity contribution in [1.29, 1.82) is 0 Å². The molecule has 0 fully saturated rings. The first-order valence-corrected chi connectivity index (χ1v) is 10.5. The normalized spacial score (nSPS) is 10.5. The molecule has 0 aliphatic heterocycles. The summed E-state index contributed by atoms with van der Waals surface area (Å²) in [5.74, 6) is 0.101. The largest absolute Gasteiger partial charge is 0.497 e. The fourth-order valence-corrected chi connectivity index (χ4v) is 3.11. The van der Waals surface area contributed by atoms with Crippen LogP contribution in [0.1, 0.15) is 15.9 Å². The topological polar surface area (TPSA) is 129 Å². The van der Waals surface area contributed by atoms with Crippen molar-refractivity contribution in [3.05, 3.63) is 92.4 Å². The van der Waals surface area contributed by atoms with Gasteiger partial charge in [-0.2, -0.15) is 5.10 Å². The first kappa shape index (κ1) is 24.4. The summed E-state index contributed by atoms with van der Waals surface area (Å²) in [4.78, 5) is 34.6. The van der Waals surface area contributed by atoms with Gasteiger partial charge in [0.2, 0.25) is 0 Å². The zero-order valence-electron chi connectivity index (χ0n) is 17.8. The standard InChI is InChI=1S/C23H18BrN3O7/c1-32-18-10-11-21(19(24)12-18)33-14-22(28)26-25-13-16-4-2-3-5-20(16)34-23(29)15-6-8-17(9-7-15)27(30)31/h2-13H,14H2,1H3,(H,26,28)/b25-13+. The lowest BCUT2D eigenvalue weighted by molar-refractivity contribution is -0.384. The number of amides is 1. The van der Waals surface area contributed by atoms with Crippen LogP contribution in [-0.4, -0.2) is 36.7 Å². The third-order valence-electron chi connectivity index (χ3n) is 4.33. The monoisotopic (exact) mass is 527 g/mol. The molecular formula is C23H18BrN3O7. The minimum absolute atomic E-state index is 0.136. The van der Waals surface area contributed by atoms with Crippen molar-refractivity contribution >= 4 is 39.7 Å². The summed E-state index contributed by atoms with van der Waals surface area (Å²) in [6.45, 7) is -0.279. The molecule has 34 heavy (non-hydrogen) atoms. The maximum absolute atomic E-state index is 12.4. The summed E-state index contributed by atoms with van der Waals surface area (Å²) >= 11 is 3.34. The Morgan fingerprint density at radius 3 is 2.50 bits per heavy atom. The molecule has 0 atom stereocenters. The van der Waals surface area contributed by atoms with Gasteiger partial charge in [0, 0.05) is 17.7 Å². The van der Waals surface area contributed by atoms with E-state index in [1.54, 1.807) is 49.6 Å². The van der Waals surface area contributed by atoms with Gasteiger partial charge in [0.25, 0.3) is 11.6 Å². The zero-order valence-corrected chi connectivity index (χ0v) is 19.4. The highest BCUT2D eigenvalue weighted by molar-refractivity contribution is 9.10. The first-order chi connectivity index (χ1) is 16.4. The fraction of sp³-hybridized carbons (Fsp3) is 0.0870. The smallest absolute Gasteiger partial charge is 0.343 e. The molecule has 0 saturated heterocycles. The van der Waals surface area contributed by atoms with Crippen LogP contribution in [0.15, 0.2) is 76.3 Å². The van der Waals surface area contributed by atoms with E-state index < -0.39 is 16.8 Å². The molecule has 0 bridgehead atoms. The number of non-ortho nitro benzene ring substituents is 1. The quantitative estimate of drug-likeness (QED) is 0.145. The highest BCUT2D eigenvalue weighted by atomic mass is 79.9. The van der Waals surface area contributed by atoms with Crippen LogP contribution in [0.5, 0.6) is 17.2 Å². The van der Waals surface area contributed by atoms with Gasteiger partial charge in [-0.15, -0.1) is 0 Å². The van der Waals surface area contributed by atoms with Gasteiger partial charge < -0.3 is 14.2 Å². The molecular weight excluding hydrogens is 510 g/mol. The average Bonchev–Trinajstić information content (AvgIpc) is 2.84. The maximum Gasteiger partial charge on any atom is 0.343 e. The molecule has 11 heteroatoms. The molecule has 0 aromatic heterocycles. The van der Waals surface area contributed by atoms with Crippen LogP contribution in [0.3, 0.4) is 0 Å². The molecule has 3 aromatic carbocycles. The Labute approximate surface area is 202 Å². The lowest BCUT2D eigenvalue weighted by atomic mass is 10.2. The van der Waals surface area contributed by atoms with E-state index in [0.717, 1.165) is 0 Å². The summed E-state index contributed by atoms with van der Waals surface area (Å²) < 4.78 is 16.6. The number of rotatable bonds is 9. The molecule has 3 rings (SSSR count). The summed E-state index contributed by atoms with van der Waals surface area (Å²) in [5.41, 5.74) is 2.77. The van der Waals surface area contributed by atoms with E-state index in [2.05, 4.69) is 26.5 Å². The van der Waals surface area contributed by atoms with Crippen LogP contribution in [-0.2, 0) is 4.79 Å². The van der Waals surface area contributed by atoms with Gasteiger partial charge in [-0.3, -0.25) is 14.9 Å². The Hall–Kier alpha value is -4.25. The minimum Gasteiger partial charge on any atom is -0.497 e. The number of esters is 1. The van der Waals surface area contributed by atoms with Crippen LogP contribution < -0.4 is 19.6 Å². The molecule has 0 heterocycles. The van der Waals surface area contributed by atoms with Crippen molar-refractivity contribution in [3.8, 4) is 17.2 Å². The lowest BCUT2D eigenvalue weighted by Gasteiger charge is -2.09. The Bertz CT molecular complexity index is 1230. The van der Waals surface area contributed by atoms with E-state index in [4.69, 9.17) is 14.2 Å². The van der Waals surface area contributed by atoms with Crippen molar-refractivity contribution in [2.45, 2.75) is 0 Å². The second kappa shape index (κ2) is 11.6. The van der Waals surface area contributed by atoms with Crippen molar-refractivity contribution in [1.82, 2.24) is 5.43 Å². The number of carbonyl (C=O) groups is 2. The number of hydrogen-bond acceptors (Lipinski definition) is 8. The highest BCUT2D eigenvalue weighted by Crippen LogP contribution is 2.29. The second-order valence-corrected chi connectivity index (χ2v) is 7.46. The summed E-state index contributed by atoms with van der Waals surface area (Å²) in [6, 6.07) is 16.7. The van der Waals surface area contributed by atoms with Crippen molar-refractivity contribution in [3.63, 3.8) is 0 Å². The van der Waals surface area contributed by atoms with Gasteiger partial charge in [-0.1, -0.05) is 12.1 Å². The molecule has 0 aliphatic carbocycles. The second-order valence-electron chi connectivity index (χ2n) is 6.61. The van der Waals surface area contributed by atoms with E-state index >= 15 is 0 Å². The van der Waals surface area contributed by atoms with E-state index in [-0.39, 0.29) is 23.6 Å². The number of hydrazone groups is 1.